The summed E-state index contributed by atoms with van der Waals surface area (Å²) in [6.07, 6.45) is 0.379. The van der Waals surface area contributed by atoms with Gasteiger partial charge in [0.15, 0.2) is 11.6 Å². The van der Waals surface area contributed by atoms with Crippen molar-refractivity contribution in [2.24, 2.45) is 10.9 Å². The van der Waals surface area contributed by atoms with Crippen molar-refractivity contribution in [3.05, 3.63) is 35.4 Å². The number of amidine groups is 1. The zero-order valence-corrected chi connectivity index (χ0v) is 11.4. The first-order valence-electron chi connectivity index (χ1n) is 6.18. The third-order valence-electron chi connectivity index (χ3n) is 2.81. The van der Waals surface area contributed by atoms with Gasteiger partial charge in [0.25, 0.3) is 0 Å². The van der Waals surface area contributed by atoms with Crippen LogP contribution in [-0.2, 0) is 11.3 Å². The first kappa shape index (κ1) is 16.3. The molecule has 5 nitrogen and oxygen atoms in total. The largest absolute Gasteiger partial charge is 0.409 e. The number of benzene rings is 1. The van der Waals surface area contributed by atoms with Crippen LogP contribution in [0.25, 0.3) is 0 Å². The van der Waals surface area contributed by atoms with Gasteiger partial charge in [-0.2, -0.15) is 0 Å². The molecule has 0 spiro atoms. The minimum Gasteiger partial charge on any atom is -0.409 e. The summed E-state index contributed by atoms with van der Waals surface area (Å²) >= 11 is 0. The average Bonchev–Trinajstić information content (AvgIpc) is 2.45. The number of ether oxygens (including phenoxy) is 1. The van der Waals surface area contributed by atoms with Crippen LogP contribution in [0.2, 0.25) is 0 Å². The van der Waals surface area contributed by atoms with Crippen molar-refractivity contribution in [3.8, 4) is 0 Å². The third-order valence-corrected chi connectivity index (χ3v) is 2.81. The van der Waals surface area contributed by atoms with Crippen LogP contribution in [0.15, 0.2) is 23.4 Å². The lowest BCUT2D eigenvalue weighted by Gasteiger charge is -2.21. The molecule has 0 saturated heterocycles. The van der Waals surface area contributed by atoms with Gasteiger partial charge < -0.3 is 15.7 Å². The van der Waals surface area contributed by atoms with E-state index in [1.54, 1.807) is 7.11 Å². The van der Waals surface area contributed by atoms with E-state index in [1.807, 2.05) is 4.90 Å². The molecule has 112 valence electrons. The number of hydrogen-bond acceptors (Lipinski definition) is 4. The average molecular weight is 287 g/mol. The predicted octanol–water partition coefficient (Wildman–Crippen LogP) is 1.55. The first-order valence-corrected chi connectivity index (χ1v) is 6.18. The lowest BCUT2D eigenvalue weighted by molar-refractivity contribution is 0.145. The number of halogens is 2. The maximum Gasteiger partial charge on any atom is 0.159 e. The summed E-state index contributed by atoms with van der Waals surface area (Å²) < 4.78 is 31.0. The van der Waals surface area contributed by atoms with Crippen LogP contribution >= 0.6 is 0 Å². The molecule has 3 N–H and O–H groups in total. The van der Waals surface area contributed by atoms with Gasteiger partial charge in [-0.3, -0.25) is 4.90 Å². The Morgan fingerprint density at radius 2 is 2.10 bits per heavy atom. The van der Waals surface area contributed by atoms with Gasteiger partial charge in [0.2, 0.25) is 0 Å². The Balaban J connectivity index is 2.64. The summed E-state index contributed by atoms with van der Waals surface area (Å²) in [7, 11) is 1.58. The van der Waals surface area contributed by atoms with E-state index in [2.05, 4.69) is 5.16 Å². The predicted molar refractivity (Wildman–Crippen MR) is 71.5 cm³/mol. The standard InChI is InChI=1S/C13H19F2N3O2/c1-20-7-6-18(5-4-13(16)17-19)9-10-2-3-11(14)12(15)8-10/h2-3,8,19H,4-7,9H2,1H3,(H2,16,17). The molecule has 1 aromatic carbocycles. The van der Waals surface area contributed by atoms with E-state index in [9.17, 15) is 8.78 Å². The van der Waals surface area contributed by atoms with Crippen molar-refractivity contribution in [1.29, 1.82) is 0 Å². The second-order valence-corrected chi connectivity index (χ2v) is 4.36. The molecule has 0 heterocycles. The van der Waals surface area contributed by atoms with Crippen molar-refractivity contribution in [1.82, 2.24) is 4.90 Å². The quantitative estimate of drug-likeness (QED) is 0.329. The van der Waals surface area contributed by atoms with Gasteiger partial charge >= 0.3 is 0 Å². The Kier molecular flexibility index (Phi) is 6.89. The maximum atomic E-state index is 13.2. The summed E-state index contributed by atoms with van der Waals surface area (Å²) in [6.45, 7) is 2.06. The molecule has 0 amide bonds. The number of oxime groups is 1. The van der Waals surface area contributed by atoms with E-state index in [4.69, 9.17) is 15.7 Å². The number of methoxy groups -OCH3 is 1. The maximum absolute atomic E-state index is 13.2. The number of nitrogens with zero attached hydrogens (tertiary/aromatic N) is 2. The zero-order chi connectivity index (χ0) is 15.0. The fourth-order valence-corrected chi connectivity index (χ4v) is 1.71. The van der Waals surface area contributed by atoms with E-state index in [1.165, 1.54) is 12.1 Å². The Labute approximate surface area is 116 Å². The summed E-state index contributed by atoms with van der Waals surface area (Å²) in [5, 5.41) is 11.4. The molecule has 0 aliphatic carbocycles. The highest BCUT2D eigenvalue weighted by Gasteiger charge is 2.09. The highest BCUT2D eigenvalue weighted by molar-refractivity contribution is 5.79. The molecule has 0 fully saturated rings. The molecular weight excluding hydrogens is 268 g/mol. The van der Waals surface area contributed by atoms with Crippen LogP contribution < -0.4 is 5.73 Å². The van der Waals surface area contributed by atoms with Crippen LogP contribution in [0.4, 0.5) is 8.78 Å². The van der Waals surface area contributed by atoms with Gasteiger partial charge in [-0.25, -0.2) is 8.78 Å². The second-order valence-electron chi connectivity index (χ2n) is 4.36. The molecule has 0 unspecified atom stereocenters. The molecule has 20 heavy (non-hydrogen) atoms. The Morgan fingerprint density at radius 3 is 2.70 bits per heavy atom. The Morgan fingerprint density at radius 1 is 1.35 bits per heavy atom. The van der Waals surface area contributed by atoms with Gasteiger partial charge in [0.05, 0.1) is 6.61 Å². The molecule has 1 rings (SSSR count). The smallest absolute Gasteiger partial charge is 0.159 e. The molecule has 0 aliphatic heterocycles. The van der Waals surface area contributed by atoms with E-state index in [0.29, 0.717) is 38.2 Å². The summed E-state index contributed by atoms with van der Waals surface area (Å²) in [4.78, 5) is 1.95. The lowest BCUT2D eigenvalue weighted by atomic mass is 10.2. The fraction of sp³-hybridized carbons (Fsp3) is 0.462. The van der Waals surface area contributed by atoms with Crippen LogP contribution in [0.3, 0.4) is 0 Å². The Hall–Kier alpha value is -1.73. The minimum atomic E-state index is -0.870. The molecule has 0 bridgehead atoms. The van der Waals surface area contributed by atoms with Crippen LogP contribution in [0.5, 0.6) is 0 Å². The van der Waals surface area contributed by atoms with Crippen LogP contribution in [0.1, 0.15) is 12.0 Å². The highest BCUT2D eigenvalue weighted by atomic mass is 19.2. The van der Waals surface area contributed by atoms with Gasteiger partial charge in [-0.05, 0) is 17.7 Å². The summed E-state index contributed by atoms with van der Waals surface area (Å²) in [5.74, 6) is -1.61. The normalized spacial score (nSPS) is 12.1. The minimum absolute atomic E-state index is 0.123. The number of nitrogens with two attached hydrogens (primary N) is 1. The number of hydrogen-bond donors (Lipinski definition) is 2. The van der Waals surface area contributed by atoms with Crippen molar-refractivity contribution in [2.45, 2.75) is 13.0 Å². The molecule has 1 aromatic rings. The first-order chi connectivity index (χ1) is 9.56. The highest BCUT2D eigenvalue weighted by Crippen LogP contribution is 2.11. The SMILES string of the molecule is COCCN(CC/C(N)=N/O)Cc1ccc(F)c(F)c1. The molecule has 0 aliphatic rings. The lowest BCUT2D eigenvalue weighted by Crippen LogP contribution is -2.31. The van der Waals surface area contributed by atoms with Crippen molar-refractivity contribution in [3.63, 3.8) is 0 Å². The Bertz CT molecular complexity index is 455. The fourth-order valence-electron chi connectivity index (χ4n) is 1.71. The number of rotatable bonds is 8. The third kappa shape index (κ3) is 5.50. The molecule has 0 atom stereocenters. The monoisotopic (exact) mass is 287 g/mol. The van der Waals surface area contributed by atoms with E-state index in [-0.39, 0.29) is 5.84 Å². The van der Waals surface area contributed by atoms with Crippen molar-refractivity contribution in [2.75, 3.05) is 26.8 Å². The van der Waals surface area contributed by atoms with Gasteiger partial charge in [-0.15, -0.1) is 0 Å². The van der Waals surface area contributed by atoms with Crippen LogP contribution in [0, 0.1) is 11.6 Å². The van der Waals surface area contributed by atoms with E-state index in [0.717, 1.165) is 6.07 Å². The van der Waals surface area contributed by atoms with E-state index < -0.39 is 11.6 Å². The molecule has 0 radical (unpaired) electrons. The second kappa shape index (κ2) is 8.44. The van der Waals surface area contributed by atoms with Gasteiger partial charge in [0.1, 0.15) is 5.84 Å². The van der Waals surface area contributed by atoms with Gasteiger partial charge in [-0.1, -0.05) is 11.2 Å². The molecule has 0 saturated carbocycles. The summed E-state index contributed by atoms with van der Waals surface area (Å²) in [6, 6.07) is 3.79. The van der Waals surface area contributed by atoms with Crippen molar-refractivity contribution >= 4 is 5.84 Å². The van der Waals surface area contributed by atoms with Crippen LogP contribution in [-0.4, -0.2) is 42.7 Å². The van der Waals surface area contributed by atoms with Gasteiger partial charge in [0, 0.05) is 33.2 Å². The molecular formula is C13H19F2N3O2. The zero-order valence-electron chi connectivity index (χ0n) is 11.4. The molecule has 0 aromatic heterocycles. The molecule has 7 heteroatoms. The summed E-state index contributed by atoms with van der Waals surface area (Å²) in [5.41, 5.74) is 6.07. The van der Waals surface area contributed by atoms with E-state index >= 15 is 0 Å². The van der Waals surface area contributed by atoms with Crippen molar-refractivity contribution < 1.29 is 18.7 Å². The topological polar surface area (TPSA) is 71.1 Å².